The molecule has 0 bridgehead atoms. The van der Waals surface area contributed by atoms with E-state index in [0.29, 0.717) is 24.5 Å². The van der Waals surface area contributed by atoms with Crippen LogP contribution >= 0.6 is 11.8 Å². The second kappa shape index (κ2) is 10.5. The first-order valence-electron chi connectivity index (χ1n) is 9.57. The molecule has 0 radical (unpaired) electrons. The van der Waals surface area contributed by atoms with E-state index >= 15 is 0 Å². The number of hydrogen-bond acceptors (Lipinski definition) is 4. The average Bonchev–Trinajstić information content (AvgIpc) is 3.21. The van der Waals surface area contributed by atoms with Crippen molar-refractivity contribution in [1.29, 1.82) is 0 Å². The second-order valence-electron chi connectivity index (χ2n) is 6.55. The highest BCUT2D eigenvalue weighted by molar-refractivity contribution is 7.98. The molecule has 5 nitrogen and oxygen atoms in total. The Morgan fingerprint density at radius 3 is 2.48 bits per heavy atom. The Balaban J connectivity index is 1.52. The number of nitrogens with one attached hydrogen (secondary N) is 2. The fraction of sp³-hybridized carbons (Fsp3) is 0.217. The lowest BCUT2D eigenvalue weighted by molar-refractivity contribution is -0.116. The van der Waals surface area contributed by atoms with Crippen LogP contribution in [0.1, 0.15) is 41.4 Å². The Morgan fingerprint density at radius 2 is 1.76 bits per heavy atom. The van der Waals surface area contributed by atoms with Crippen LogP contribution in [-0.2, 0) is 17.1 Å². The van der Waals surface area contributed by atoms with E-state index in [4.69, 9.17) is 4.42 Å². The molecule has 0 spiro atoms. The summed E-state index contributed by atoms with van der Waals surface area (Å²) in [7, 11) is 0. The molecule has 29 heavy (non-hydrogen) atoms. The van der Waals surface area contributed by atoms with E-state index in [1.807, 2.05) is 67.6 Å². The van der Waals surface area contributed by atoms with Crippen LogP contribution < -0.4 is 10.6 Å². The summed E-state index contributed by atoms with van der Waals surface area (Å²) in [4.78, 5) is 25.3. The highest BCUT2D eigenvalue weighted by atomic mass is 32.2. The molecule has 3 aromatic rings. The van der Waals surface area contributed by atoms with Crippen molar-refractivity contribution in [3.05, 3.63) is 83.8 Å². The van der Waals surface area contributed by atoms with E-state index in [9.17, 15) is 9.59 Å². The number of furan rings is 1. The van der Waals surface area contributed by atoms with Crippen LogP contribution in [0.25, 0.3) is 0 Å². The third kappa shape index (κ3) is 6.26. The maximum atomic E-state index is 12.5. The molecule has 0 fully saturated rings. The molecule has 0 unspecified atom stereocenters. The van der Waals surface area contributed by atoms with Crippen molar-refractivity contribution in [3.8, 4) is 0 Å². The molecule has 6 heteroatoms. The third-order valence-electron chi connectivity index (χ3n) is 4.26. The lowest BCUT2D eigenvalue weighted by Gasteiger charge is -2.08. The number of rotatable bonds is 9. The van der Waals surface area contributed by atoms with Gasteiger partial charge in [0, 0.05) is 34.9 Å². The van der Waals surface area contributed by atoms with Crippen LogP contribution in [0.5, 0.6) is 0 Å². The van der Waals surface area contributed by atoms with Gasteiger partial charge in [-0.1, -0.05) is 37.3 Å². The quantitative estimate of drug-likeness (QED) is 0.475. The van der Waals surface area contributed by atoms with Crippen LogP contribution in [0.2, 0.25) is 0 Å². The average molecular weight is 409 g/mol. The standard InChI is InChI=1S/C23H24N2O3S/c1-2-6-21(26)25-19-11-9-17(10-12-19)15-24-23(27)22-18(13-14-28-22)16-29-20-7-4-3-5-8-20/h3-5,7-14H,2,6,15-16H2,1H3,(H,24,27)(H,25,26). The van der Waals surface area contributed by atoms with Gasteiger partial charge in [-0.05, 0) is 42.3 Å². The summed E-state index contributed by atoms with van der Waals surface area (Å²) in [5.74, 6) is 0.776. The molecule has 0 aliphatic heterocycles. The van der Waals surface area contributed by atoms with E-state index in [1.165, 1.54) is 0 Å². The highest BCUT2D eigenvalue weighted by Gasteiger charge is 2.15. The zero-order valence-corrected chi connectivity index (χ0v) is 17.1. The van der Waals surface area contributed by atoms with Crippen molar-refractivity contribution in [2.75, 3.05) is 5.32 Å². The summed E-state index contributed by atoms with van der Waals surface area (Å²) in [5, 5.41) is 5.74. The molecule has 3 rings (SSSR count). The minimum Gasteiger partial charge on any atom is -0.459 e. The van der Waals surface area contributed by atoms with Crippen molar-refractivity contribution in [2.24, 2.45) is 0 Å². The molecule has 0 atom stereocenters. The summed E-state index contributed by atoms with van der Waals surface area (Å²) in [6.07, 6.45) is 2.87. The molecular formula is C23H24N2O3S. The monoisotopic (exact) mass is 408 g/mol. The molecule has 1 heterocycles. The minimum absolute atomic E-state index is 0.00674. The van der Waals surface area contributed by atoms with Crippen LogP contribution in [0.3, 0.4) is 0 Å². The fourth-order valence-corrected chi connectivity index (χ4v) is 3.64. The van der Waals surface area contributed by atoms with Crippen molar-refractivity contribution in [1.82, 2.24) is 5.32 Å². The molecule has 0 aliphatic rings. The zero-order valence-electron chi connectivity index (χ0n) is 16.3. The maximum Gasteiger partial charge on any atom is 0.287 e. The van der Waals surface area contributed by atoms with Gasteiger partial charge in [0.05, 0.1) is 6.26 Å². The van der Waals surface area contributed by atoms with Crippen LogP contribution in [0.15, 0.2) is 76.2 Å². The normalized spacial score (nSPS) is 10.5. The number of benzene rings is 2. The topological polar surface area (TPSA) is 71.3 Å². The summed E-state index contributed by atoms with van der Waals surface area (Å²) in [5.41, 5.74) is 2.56. The molecule has 2 aromatic carbocycles. The summed E-state index contributed by atoms with van der Waals surface area (Å²) in [6.45, 7) is 2.35. The first-order chi connectivity index (χ1) is 14.2. The van der Waals surface area contributed by atoms with Gasteiger partial charge in [0.2, 0.25) is 5.91 Å². The van der Waals surface area contributed by atoms with Gasteiger partial charge in [-0.2, -0.15) is 0 Å². The van der Waals surface area contributed by atoms with E-state index in [2.05, 4.69) is 10.6 Å². The van der Waals surface area contributed by atoms with E-state index in [0.717, 1.165) is 28.1 Å². The van der Waals surface area contributed by atoms with Gasteiger partial charge >= 0.3 is 0 Å². The minimum atomic E-state index is -0.237. The first kappa shape index (κ1) is 20.7. The predicted molar refractivity (Wildman–Crippen MR) is 116 cm³/mol. The Labute approximate surface area is 174 Å². The number of thioether (sulfide) groups is 1. The van der Waals surface area contributed by atoms with Gasteiger partial charge in [-0.25, -0.2) is 0 Å². The molecule has 0 saturated heterocycles. The number of amides is 2. The zero-order chi connectivity index (χ0) is 20.5. The Morgan fingerprint density at radius 1 is 1.00 bits per heavy atom. The predicted octanol–water partition coefficient (Wildman–Crippen LogP) is 5.24. The van der Waals surface area contributed by atoms with Gasteiger partial charge in [0.15, 0.2) is 5.76 Å². The van der Waals surface area contributed by atoms with Gasteiger partial charge < -0.3 is 15.1 Å². The Bertz CT molecular complexity index is 936. The Hall–Kier alpha value is -2.99. The van der Waals surface area contributed by atoms with Gasteiger partial charge in [0.1, 0.15) is 0 Å². The number of carbonyl (C=O) groups excluding carboxylic acids is 2. The molecule has 0 saturated carbocycles. The number of hydrogen-bond donors (Lipinski definition) is 2. The molecule has 0 aliphatic carbocycles. The smallest absolute Gasteiger partial charge is 0.287 e. The summed E-state index contributed by atoms with van der Waals surface area (Å²) < 4.78 is 5.42. The molecule has 2 amide bonds. The fourth-order valence-electron chi connectivity index (χ4n) is 2.75. The molecule has 2 N–H and O–H groups in total. The number of anilines is 1. The Kier molecular flexibility index (Phi) is 7.53. The largest absolute Gasteiger partial charge is 0.459 e. The molecular weight excluding hydrogens is 384 g/mol. The van der Waals surface area contributed by atoms with Crippen LogP contribution in [-0.4, -0.2) is 11.8 Å². The summed E-state index contributed by atoms with van der Waals surface area (Å²) >= 11 is 1.66. The maximum absolute atomic E-state index is 12.5. The van der Waals surface area contributed by atoms with Crippen LogP contribution in [0, 0.1) is 0 Å². The van der Waals surface area contributed by atoms with E-state index in [-0.39, 0.29) is 11.8 Å². The summed E-state index contributed by atoms with van der Waals surface area (Å²) in [6, 6.07) is 19.3. The van der Waals surface area contributed by atoms with Crippen molar-refractivity contribution in [2.45, 2.75) is 37.0 Å². The first-order valence-corrected chi connectivity index (χ1v) is 10.6. The lowest BCUT2D eigenvalue weighted by atomic mass is 10.2. The number of carbonyl (C=O) groups is 2. The van der Waals surface area contributed by atoms with Gasteiger partial charge in [-0.3, -0.25) is 9.59 Å². The van der Waals surface area contributed by atoms with E-state index in [1.54, 1.807) is 18.0 Å². The second-order valence-corrected chi connectivity index (χ2v) is 7.60. The van der Waals surface area contributed by atoms with Gasteiger partial charge in [0.25, 0.3) is 5.91 Å². The van der Waals surface area contributed by atoms with Gasteiger partial charge in [-0.15, -0.1) is 11.8 Å². The van der Waals surface area contributed by atoms with Crippen LogP contribution in [0.4, 0.5) is 5.69 Å². The SMILES string of the molecule is CCCC(=O)Nc1ccc(CNC(=O)c2occc2CSc2ccccc2)cc1. The van der Waals surface area contributed by atoms with Crippen molar-refractivity contribution >= 4 is 29.3 Å². The molecule has 1 aromatic heterocycles. The molecule has 150 valence electrons. The third-order valence-corrected chi connectivity index (χ3v) is 5.32. The van der Waals surface area contributed by atoms with Crippen molar-refractivity contribution < 1.29 is 14.0 Å². The lowest BCUT2D eigenvalue weighted by Crippen LogP contribution is -2.23. The highest BCUT2D eigenvalue weighted by Crippen LogP contribution is 2.24. The van der Waals surface area contributed by atoms with Crippen molar-refractivity contribution in [3.63, 3.8) is 0 Å². The van der Waals surface area contributed by atoms with E-state index < -0.39 is 0 Å².